The van der Waals surface area contributed by atoms with Gasteiger partial charge in [-0.25, -0.2) is 0 Å². The van der Waals surface area contributed by atoms with Crippen LogP contribution in [0, 0.1) is 6.92 Å². The molecule has 3 aromatic carbocycles. The lowest BCUT2D eigenvalue weighted by Gasteiger charge is -2.22. The SMILES string of the molecule is C=CC(=O)NC(c1ccc(C)cc1)c1c(O)ccc2ccccc12. The Morgan fingerprint density at radius 1 is 1.08 bits per heavy atom. The quantitative estimate of drug-likeness (QED) is 0.707. The predicted octanol–water partition coefficient (Wildman–Crippen LogP) is 4.25. The number of hydrogen-bond acceptors (Lipinski definition) is 2. The average Bonchev–Trinajstić information content (AvgIpc) is 2.61. The highest BCUT2D eigenvalue weighted by Crippen LogP contribution is 2.35. The highest BCUT2D eigenvalue weighted by atomic mass is 16.3. The number of phenols is 1. The molecule has 0 aliphatic rings. The lowest BCUT2D eigenvalue weighted by atomic mass is 9.92. The molecule has 0 heterocycles. The summed E-state index contributed by atoms with van der Waals surface area (Å²) in [5.41, 5.74) is 2.73. The Bertz CT molecular complexity index is 897. The van der Waals surface area contributed by atoms with Gasteiger partial charge in [0.25, 0.3) is 0 Å². The standard InChI is InChI=1S/C21H19NO2/c1-3-19(24)22-21(16-10-8-14(2)9-11-16)20-17-7-5-4-6-15(17)12-13-18(20)23/h3-13,21,23H,1H2,2H3,(H,22,24). The molecule has 0 aliphatic carbocycles. The van der Waals surface area contributed by atoms with E-state index in [4.69, 9.17) is 0 Å². The lowest BCUT2D eigenvalue weighted by molar-refractivity contribution is -0.116. The summed E-state index contributed by atoms with van der Waals surface area (Å²) in [6.45, 7) is 5.54. The molecule has 0 radical (unpaired) electrons. The van der Waals surface area contributed by atoms with Crippen LogP contribution >= 0.6 is 0 Å². The zero-order chi connectivity index (χ0) is 17.1. The minimum absolute atomic E-state index is 0.156. The lowest BCUT2D eigenvalue weighted by Crippen LogP contribution is -2.27. The van der Waals surface area contributed by atoms with Crippen molar-refractivity contribution in [3.63, 3.8) is 0 Å². The normalized spacial score (nSPS) is 11.9. The minimum atomic E-state index is -0.456. The molecule has 0 saturated carbocycles. The first kappa shape index (κ1) is 15.8. The summed E-state index contributed by atoms with van der Waals surface area (Å²) in [4.78, 5) is 12.0. The summed E-state index contributed by atoms with van der Waals surface area (Å²) < 4.78 is 0. The Labute approximate surface area is 141 Å². The molecule has 0 aromatic heterocycles. The van der Waals surface area contributed by atoms with E-state index in [1.807, 2.05) is 61.5 Å². The van der Waals surface area contributed by atoms with Gasteiger partial charge < -0.3 is 10.4 Å². The van der Waals surface area contributed by atoms with Gasteiger partial charge >= 0.3 is 0 Å². The maximum absolute atomic E-state index is 12.0. The molecule has 0 saturated heterocycles. The first-order valence-electron chi connectivity index (χ1n) is 7.80. The fourth-order valence-electron chi connectivity index (χ4n) is 2.87. The van der Waals surface area contributed by atoms with Gasteiger partial charge in [0, 0.05) is 5.56 Å². The van der Waals surface area contributed by atoms with Gasteiger partial charge in [0.15, 0.2) is 0 Å². The zero-order valence-corrected chi connectivity index (χ0v) is 13.5. The molecular weight excluding hydrogens is 298 g/mol. The number of amides is 1. The van der Waals surface area contributed by atoms with Gasteiger partial charge in [-0.15, -0.1) is 0 Å². The van der Waals surface area contributed by atoms with E-state index in [9.17, 15) is 9.90 Å². The van der Waals surface area contributed by atoms with E-state index in [0.717, 1.165) is 21.9 Å². The van der Waals surface area contributed by atoms with Crippen molar-refractivity contribution < 1.29 is 9.90 Å². The van der Waals surface area contributed by atoms with Crippen LogP contribution in [-0.2, 0) is 4.79 Å². The van der Waals surface area contributed by atoms with Gasteiger partial charge in [-0.05, 0) is 35.4 Å². The molecule has 3 rings (SSSR count). The van der Waals surface area contributed by atoms with Crippen LogP contribution in [0.5, 0.6) is 5.75 Å². The number of carbonyl (C=O) groups is 1. The summed E-state index contributed by atoms with van der Waals surface area (Å²) in [6.07, 6.45) is 1.24. The number of nitrogens with one attached hydrogen (secondary N) is 1. The first-order valence-corrected chi connectivity index (χ1v) is 7.80. The second-order valence-electron chi connectivity index (χ2n) is 5.78. The second kappa shape index (κ2) is 6.59. The largest absolute Gasteiger partial charge is 0.508 e. The summed E-state index contributed by atoms with van der Waals surface area (Å²) in [5.74, 6) is -0.128. The Morgan fingerprint density at radius 3 is 2.50 bits per heavy atom. The van der Waals surface area contributed by atoms with E-state index in [1.54, 1.807) is 6.07 Å². The Balaban J connectivity index is 2.22. The third-order valence-corrected chi connectivity index (χ3v) is 4.12. The molecular formula is C21H19NO2. The number of benzene rings is 3. The van der Waals surface area contributed by atoms with E-state index in [1.165, 1.54) is 6.08 Å². The number of carbonyl (C=O) groups excluding carboxylic acids is 1. The number of phenolic OH excluding ortho intramolecular Hbond substituents is 1. The monoisotopic (exact) mass is 317 g/mol. The van der Waals surface area contributed by atoms with E-state index in [2.05, 4.69) is 11.9 Å². The fourth-order valence-corrected chi connectivity index (χ4v) is 2.87. The Morgan fingerprint density at radius 2 is 1.79 bits per heavy atom. The van der Waals surface area contributed by atoms with Crippen LogP contribution in [0.2, 0.25) is 0 Å². The first-order chi connectivity index (χ1) is 11.6. The third kappa shape index (κ3) is 3.01. The minimum Gasteiger partial charge on any atom is -0.508 e. The van der Waals surface area contributed by atoms with Gasteiger partial charge in [-0.2, -0.15) is 0 Å². The van der Waals surface area contributed by atoms with Crippen LogP contribution in [-0.4, -0.2) is 11.0 Å². The average molecular weight is 317 g/mol. The molecule has 2 N–H and O–H groups in total. The van der Waals surface area contributed by atoms with Gasteiger partial charge in [-0.1, -0.05) is 66.7 Å². The van der Waals surface area contributed by atoms with Crippen molar-refractivity contribution in [2.24, 2.45) is 0 Å². The molecule has 3 heteroatoms. The van der Waals surface area contributed by atoms with Crippen LogP contribution in [0.4, 0.5) is 0 Å². The van der Waals surface area contributed by atoms with Crippen molar-refractivity contribution in [2.45, 2.75) is 13.0 Å². The topological polar surface area (TPSA) is 49.3 Å². The van der Waals surface area contributed by atoms with E-state index in [-0.39, 0.29) is 11.7 Å². The summed E-state index contributed by atoms with van der Waals surface area (Å²) >= 11 is 0. The van der Waals surface area contributed by atoms with Crippen molar-refractivity contribution in [2.75, 3.05) is 0 Å². The molecule has 1 amide bonds. The van der Waals surface area contributed by atoms with Crippen LogP contribution in [0.3, 0.4) is 0 Å². The number of fused-ring (bicyclic) bond motifs is 1. The Hall–Kier alpha value is -3.07. The molecule has 24 heavy (non-hydrogen) atoms. The van der Waals surface area contributed by atoms with E-state index >= 15 is 0 Å². The highest BCUT2D eigenvalue weighted by molar-refractivity contribution is 5.91. The molecule has 1 atom stereocenters. The van der Waals surface area contributed by atoms with Crippen LogP contribution < -0.4 is 5.32 Å². The number of aryl methyl sites for hydroxylation is 1. The maximum Gasteiger partial charge on any atom is 0.244 e. The molecule has 3 aromatic rings. The second-order valence-corrected chi connectivity index (χ2v) is 5.78. The maximum atomic E-state index is 12.0. The van der Waals surface area contributed by atoms with Crippen molar-refractivity contribution in [1.29, 1.82) is 0 Å². The number of hydrogen-bond donors (Lipinski definition) is 2. The zero-order valence-electron chi connectivity index (χ0n) is 13.5. The predicted molar refractivity (Wildman–Crippen MR) is 97.0 cm³/mol. The summed E-state index contributed by atoms with van der Waals surface area (Å²) in [6, 6.07) is 18.8. The van der Waals surface area contributed by atoms with Crippen LogP contribution in [0.15, 0.2) is 73.3 Å². The molecule has 0 bridgehead atoms. The summed E-state index contributed by atoms with van der Waals surface area (Å²) in [5, 5.41) is 15.4. The van der Waals surface area contributed by atoms with Crippen LogP contribution in [0.1, 0.15) is 22.7 Å². The third-order valence-electron chi connectivity index (χ3n) is 4.12. The van der Waals surface area contributed by atoms with Crippen molar-refractivity contribution in [3.05, 3.63) is 90.0 Å². The highest BCUT2D eigenvalue weighted by Gasteiger charge is 2.21. The molecule has 120 valence electrons. The van der Waals surface area contributed by atoms with Crippen molar-refractivity contribution in [3.8, 4) is 5.75 Å². The Kier molecular flexibility index (Phi) is 4.34. The van der Waals surface area contributed by atoms with E-state index < -0.39 is 6.04 Å². The van der Waals surface area contributed by atoms with Gasteiger partial charge in [0.1, 0.15) is 5.75 Å². The number of aromatic hydroxyl groups is 1. The fraction of sp³-hybridized carbons (Fsp3) is 0.0952. The van der Waals surface area contributed by atoms with Gasteiger partial charge in [0.2, 0.25) is 5.91 Å². The smallest absolute Gasteiger partial charge is 0.244 e. The molecule has 0 spiro atoms. The molecule has 3 nitrogen and oxygen atoms in total. The van der Waals surface area contributed by atoms with Crippen LogP contribution in [0.25, 0.3) is 10.8 Å². The van der Waals surface area contributed by atoms with Gasteiger partial charge in [0.05, 0.1) is 6.04 Å². The van der Waals surface area contributed by atoms with E-state index in [0.29, 0.717) is 5.56 Å². The molecule has 1 unspecified atom stereocenters. The summed E-state index contributed by atoms with van der Waals surface area (Å²) in [7, 11) is 0. The van der Waals surface area contributed by atoms with Crippen molar-refractivity contribution in [1.82, 2.24) is 5.32 Å². The molecule has 0 aliphatic heterocycles. The van der Waals surface area contributed by atoms with Gasteiger partial charge in [-0.3, -0.25) is 4.79 Å². The number of rotatable bonds is 4. The molecule has 0 fully saturated rings. The van der Waals surface area contributed by atoms with Crippen molar-refractivity contribution >= 4 is 16.7 Å².